The Balaban J connectivity index is 1.92. The molecule has 0 saturated heterocycles. The largest absolute Gasteiger partial charge is 0.453 e. The smallest absolute Gasteiger partial charge is 0.318 e. The van der Waals surface area contributed by atoms with Gasteiger partial charge in [-0.2, -0.15) is 17.7 Å². The van der Waals surface area contributed by atoms with E-state index in [2.05, 4.69) is 20.6 Å². The Labute approximate surface area is 129 Å². The van der Waals surface area contributed by atoms with Gasteiger partial charge in [0.1, 0.15) is 0 Å². The quantitative estimate of drug-likeness (QED) is 0.773. The minimum absolute atomic E-state index is 0.128. The van der Waals surface area contributed by atoms with Crippen LogP contribution in [0.3, 0.4) is 0 Å². The number of nitrogens with zero attached hydrogens (tertiary/aromatic N) is 4. The zero-order valence-electron chi connectivity index (χ0n) is 10.4. The lowest BCUT2D eigenvalue weighted by Crippen LogP contribution is -2.15. The number of anilines is 1. The summed E-state index contributed by atoms with van der Waals surface area (Å²) in [4.78, 5) is 11.9. The van der Waals surface area contributed by atoms with Gasteiger partial charge in [0.25, 0.3) is 11.7 Å². The van der Waals surface area contributed by atoms with Crippen molar-refractivity contribution in [1.82, 2.24) is 19.8 Å². The number of alkyl halides is 3. The number of carbonyl (C=O) groups is 1. The van der Waals surface area contributed by atoms with Gasteiger partial charge in [0.15, 0.2) is 0 Å². The normalized spacial score (nSPS) is 11.8. The summed E-state index contributed by atoms with van der Waals surface area (Å²) in [5.74, 6) is -1.97. The molecule has 11 heteroatoms. The molecule has 1 aromatic carbocycles. The molecule has 3 rings (SSSR count). The van der Waals surface area contributed by atoms with Crippen LogP contribution in [0.1, 0.15) is 15.6 Å². The average Bonchev–Trinajstić information content (AvgIpc) is 2.99. The predicted molar refractivity (Wildman–Crippen MR) is 73.1 cm³/mol. The third kappa shape index (κ3) is 2.62. The first kappa shape index (κ1) is 14.7. The summed E-state index contributed by atoms with van der Waals surface area (Å²) in [7, 11) is 0. The van der Waals surface area contributed by atoms with E-state index in [0.717, 1.165) is 0 Å². The highest BCUT2D eigenvalue weighted by molar-refractivity contribution is 7.18. The molecule has 0 atom stereocenters. The number of hydrogen-bond acceptors (Lipinski definition) is 5. The lowest BCUT2D eigenvalue weighted by Gasteiger charge is -2.04. The molecule has 0 unspecified atom stereocenters. The summed E-state index contributed by atoms with van der Waals surface area (Å²) in [5.41, 5.74) is 0.330. The van der Waals surface area contributed by atoms with E-state index in [9.17, 15) is 18.0 Å². The van der Waals surface area contributed by atoms with E-state index >= 15 is 0 Å². The van der Waals surface area contributed by atoms with E-state index in [0.29, 0.717) is 26.6 Å². The number of aromatic nitrogens is 4. The molecule has 0 aliphatic rings. The van der Waals surface area contributed by atoms with Crippen LogP contribution in [-0.4, -0.2) is 25.7 Å². The lowest BCUT2D eigenvalue weighted by atomic mass is 10.3. The van der Waals surface area contributed by atoms with Gasteiger partial charge in [-0.05, 0) is 12.1 Å². The molecule has 1 amide bonds. The molecule has 0 spiro atoms. The van der Waals surface area contributed by atoms with Crippen molar-refractivity contribution in [2.24, 2.45) is 0 Å². The maximum absolute atomic E-state index is 12.7. The molecule has 0 aliphatic carbocycles. The Morgan fingerprint density at radius 3 is 2.68 bits per heavy atom. The maximum Gasteiger partial charge on any atom is 0.453 e. The maximum atomic E-state index is 12.7. The number of nitrogens with one attached hydrogen (secondary N) is 1. The summed E-state index contributed by atoms with van der Waals surface area (Å²) in [5, 5.41) is 12.5. The Kier molecular flexibility index (Phi) is 3.49. The molecule has 22 heavy (non-hydrogen) atoms. The fourth-order valence-electron chi connectivity index (χ4n) is 1.62. The highest BCUT2D eigenvalue weighted by Gasteiger charge is 2.38. The van der Waals surface area contributed by atoms with Crippen molar-refractivity contribution in [3.8, 4) is 0 Å². The van der Waals surface area contributed by atoms with Gasteiger partial charge in [0.2, 0.25) is 9.97 Å². The number of para-hydroxylation sites is 1. The first-order valence-corrected chi connectivity index (χ1v) is 6.91. The number of hydrogen-bond donors (Lipinski definition) is 1. The second kappa shape index (κ2) is 5.21. The van der Waals surface area contributed by atoms with Gasteiger partial charge in [-0.3, -0.25) is 4.79 Å². The molecular formula is C11H5ClF3N5OS. The van der Waals surface area contributed by atoms with Crippen LogP contribution < -0.4 is 5.32 Å². The number of rotatable bonds is 2. The van der Waals surface area contributed by atoms with Crippen LogP contribution in [0.5, 0.6) is 0 Å². The molecule has 114 valence electrons. The van der Waals surface area contributed by atoms with Crippen molar-refractivity contribution in [1.29, 1.82) is 0 Å². The molecule has 0 bridgehead atoms. The third-order valence-corrected chi connectivity index (χ3v) is 3.79. The molecule has 3 aromatic rings. The Morgan fingerprint density at radius 2 is 2.00 bits per heavy atom. The van der Waals surface area contributed by atoms with Crippen molar-refractivity contribution in [2.75, 3.05) is 5.32 Å². The number of halogens is 4. The van der Waals surface area contributed by atoms with Crippen molar-refractivity contribution >= 4 is 39.5 Å². The van der Waals surface area contributed by atoms with Crippen LogP contribution in [0, 0.1) is 0 Å². The zero-order chi connectivity index (χ0) is 15.9. The van der Waals surface area contributed by atoms with Crippen molar-refractivity contribution in [2.45, 2.75) is 6.18 Å². The number of carbonyl (C=O) groups excluding carboxylic acids is 1. The molecule has 1 N–H and O–H groups in total. The molecule has 6 nitrogen and oxygen atoms in total. The topological polar surface area (TPSA) is 72.2 Å². The summed E-state index contributed by atoms with van der Waals surface area (Å²) in [6.45, 7) is 0. The Hall–Kier alpha value is -2.20. The Morgan fingerprint density at radius 1 is 1.27 bits per heavy atom. The fraction of sp³-hybridized carbons (Fsp3) is 0.0909. The fourth-order valence-corrected chi connectivity index (χ4v) is 2.54. The van der Waals surface area contributed by atoms with Crippen LogP contribution in [0.2, 0.25) is 5.02 Å². The van der Waals surface area contributed by atoms with Crippen LogP contribution in [0.4, 0.5) is 18.9 Å². The van der Waals surface area contributed by atoms with E-state index in [-0.39, 0.29) is 9.97 Å². The van der Waals surface area contributed by atoms with Gasteiger partial charge in [-0.25, -0.2) is 0 Å². The Bertz CT molecular complexity index is 859. The van der Waals surface area contributed by atoms with E-state index in [1.165, 1.54) is 0 Å². The zero-order valence-corrected chi connectivity index (χ0v) is 12.0. The SMILES string of the molecule is O=C(Nc1ccccc1Cl)c1nn2c(C(F)(F)F)nnc2s1. The van der Waals surface area contributed by atoms with Gasteiger partial charge in [0.05, 0.1) is 10.7 Å². The van der Waals surface area contributed by atoms with E-state index in [1.54, 1.807) is 24.3 Å². The summed E-state index contributed by atoms with van der Waals surface area (Å²) >= 11 is 6.58. The van der Waals surface area contributed by atoms with Crippen LogP contribution in [-0.2, 0) is 6.18 Å². The highest BCUT2D eigenvalue weighted by Crippen LogP contribution is 2.29. The number of benzene rings is 1. The molecule has 0 radical (unpaired) electrons. The van der Waals surface area contributed by atoms with Gasteiger partial charge in [-0.1, -0.05) is 35.1 Å². The van der Waals surface area contributed by atoms with Crippen molar-refractivity contribution in [3.05, 3.63) is 40.1 Å². The standard InChI is InChI=1S/C11H5ClF3N5OS/c12-5-3-1-2-4-6(5)16-7(21)8-19-20-9(11(13,14)15)17-18-10(20)22-8/h1-4H,(H,16,21). The van der Waals surface area contributed by atoms with Gasteiger partial charge >= 0.3 is 6.18 Å². The summed E-state index contributed by atoms with van der Waals surface area (Å²) in [6.07, 6.45) is -4.70. The molecule has 2 aromatic heterocycles. The van der Waals surface area contributed by atoms with Gasteiger partial charge in [-0.15, -0.1) is 15.3 Å². The molecule has 0 fully saturated rings. The molecular weight excluding hydrogens is 343 g/mol. The third-order valence-electron chi connectivity index (χ3n) is 2.56. The van der Waals surface area contributed by atoms with Gasteiger partial charge in [0, 0.05) is 0 Å². The van der Waals surface area contributed by atoms with Crippen LogP contribution >= 0.6 is 22.9 Å². The summed E-state index contributed by atoms with van der Waals surface area (Å²) < 4.78 is 38.5. The van der Waals surface area contributed by atoms with Crippen molar-refractivity contribution in [3.63, 3.8) is 0 Å². The lowest BCUT2D eigenvalue weighted by molar-refractivity contribution is -0.146. The number of fused-ring (bicyclic) bond motifs is 1. The van der Waals surface area contributed by atoms with E-state index < -0.39 is 17.9 Å². The second-order valence-electron chi connectivity index (χ2n) is 4.06. The first-order valence-electron chi connectivity index (χ1n) is 5.71. The monoisotopic (exact) mass is 347 g/mol. The minimum Gasteiger partial charge on any atom is -0.318 e. The van der Waals surface area contributed by atoms with E-state index in [1.807, 2.05) is 0 Å². The average molecular weight is 348 g/mol. The molecule has 0 aliphatic heterocycles. The highest BCUT2D eigenvalue weighted by atomic mass is 35.5. The van der Waals surface area contributed by atoms with Gasteiger partial charge < -0.3 is 5.32 Å². The minimum atomic E-state index is -4.70. The molecule has 2 heterocycles. The van der Waals surface area contributed by atoms with Crippen molar-refractivity contribution < 1.29 is 18.0 Å². The second-order valence-corrected chi connectivity index (χ2v) is 5.42. The van der Waals surface area contributed by atoms with Crippen LogP contribution in [0.25, 0.3) is 4.96 Å². The van der Waals surface area contributed by atoms with E-state index in [4.69, 9.17) is 11.6 Å². The number of amides is 1. The predicted octanol–water partition coefficient (Wildman–Crippen LogP) is 3.11. The van der Waals surface area contributed by atoms with Crippen LogP contribution in [0.15, 0.2) is 24.3 Å². The first-order chi connectivity index (χ1) is 10.4. The summed E-state index contributed by atoms with van der Waals surface area (Å²) in [6, 6.07) is 6.46. The molecule has 0 saturated carbocycles.